The SMILES string of the molecule is CC/C=C/Nc1c(F)c(F)c(F)c(F)c1F. The van der Waals surface area contributed by atoms with Gasteiger partial charge in [-0.3, -0.25) is 0 Å². The maximum atomic E-state index is 13.0. The van der Waals surface area contributed by atoms with Crippen LogP contribution in [0.2, 0.25) is 0 Å². The van der Waals surface area contributed by atoms with Crippen LogP contribution in [0.1, 0.15) is 13.3 Å². The number of halogens is 5. The Morgan fingerprint density at radius 2 is 1.31 bits per heavy atom. The van der Waals surface area contributed by atoms with Crippen LogP contribution >= 0.6 is 0 Å². The number of hydrogen-bond donors (Lipinski definition) is 1. The van der Waals surface area contributed by atoms with Crippen LogP contribution in [0.25, 0.3) is 0 Å². The number of rotatable bonds is 3. The highest BCUT2D eigenvalue weighted by Gasteiger charge is 2.24. The lowest BCUT2D eigenvalue weighted by Crippen LogP contribution is -2.06. The molecular formula is C10H8F5N. The van der Waals surface area contributed by atoms with Crippen LogP contribution in [0.15, 0.2) is 12.3 Å². The summed E-state index contributed by atoms with van der Waals surface area (Å²) in [6.45, 7) is 1.75. The molecule has 1 N–H and O–H groups in total. The summed E-state index contributed by atoms with van der Waals surface area (Å²) in [5.41, 5.74) is -1.05. The molecule has 0 fully saturated rings. The van der Waals surface area contributed by atoms with Gasteiger partial charge in [-0.1, -0.05) is 13.0 Å². The predicted molar refractivity (Wildman–Crippen MR) is 49.3 cm³/mol. The number of benzene rings is 1. The molecular weight excluding hydrogens is 229 g/mol. The molecule has 0 radical (unpaired) electrons. The zero-order valence-corrected chi connectivity index (χ0v) is 8.25. The Labute approximate surface area is 88.6 Å². The van der Waals surface area contributed by atoms with Crippen molar-refractivity contribution in [2.24, 2.45) is 0 Å². The van der Waals surface area contributed by atoms with Gasteiger partial charge in [0.15, 0.2) is 23.3 Å². The molecule has 0 spiro atoms. The van der Waals surface area contributed by atoms with Gasteiger partial charge in [-0.05, 0) is 12.6 Å². The molecule has 88 valence electrons. The van der Waals surface area contributed by atoms with Gasteiger partial charge < -0.3 is 5.32 Å². The molecule has 0 aliphatic rings. The summed E-state index contributed by atoms with van der Waals surface area (Å²) < 4.78 is 64.0. The van der Waals surface area contributed by atoms with Crippen LogP contribution in [0.4, 0.5) is 27.6 Å². The Morgan fingerprint density at radius 3 is 1.75 bits per heavy atom. The van der Waals surface area contributed by atoms with E-state index in [4.69, 9.17) is 0 Å². The molecule has 16 heavy (non-hydrogen) atoms. The van der Waals surface area contributed by atoms with Crippen molar-refractivity contribution in [2.75, 3.05) is 5.32 Å². The van der Waals surface area contributed by atoms with Crippen LogP contribution in [0.3, 0.4) is 0 Å². The molecule has 1 nitrogen and oxygen atoms in total. The zero-order valence-electron chi connectivity index (χ0n) is 8.25. The van der Waals surface area contributed by atoms with E-state index in [-0.39, 0.29) is 0 Å². The highest BCUT2D eigenvalue weighted by Crippen LogP contribution is 2.26. The van der Waals surface area contributed by atoms with Crippen LogP contribution in [-0.4, -0.2) is 0 Å². The molecule has 1 aromatic carbocycles. The third-order valence-electron chi connectivity index (χ3n) is 1.79. The topological polar surface area (TPSA) is 12.0 Å². The lowest BCUT2D eigenvalue weighted by Gasteiger charge is -2.07. The van der Waals surface area contributed by atoms with Crippen LogP contribution < -0.4 is 5.32 Å². The van der Waals surface area contributed by atoms with Crippen molar-refractivity contribution in [1.82, 2.24) is 0 Å². The van der Waals surface area contributed by atoms with Crippen molar-refractivity contribution in [3.05, 3.63) is 41.4 Å². The maximum Gasteiger partial charge on any atom is 0.200 e. The zero-order chi connectivity index (χ0) is 12.3. The molecule has 6 heteroatoms. The largest absolute Gasteiger partial charge is 0.357 e. The Hall–Kier alpha value is -1.59. The third-order valence-corrected chi connectivity index (χ3v) is 1.79. The Kier molecular flexibility index (Phi) is 3.87. The quantitative estimate of drug-likeness (QED) is 0.480. The summed E-state index contributed by atoms with van der Waals surface area (Å²) in [4.78, 5) is 0. The Morgan fingerprint density at radius 1 is 0.875 bits per heavy atom. The van der Waals surface area contributed by atoms with E-state index in [1.54, 1.807) is 6.92 Å². The molecule has 0 saturated carbocycles. The second kappa shape index (κ2) is 4.96. The first-order chi connectivity index (χ1) is 7.50. The molecule has 0 aliphatic carbocycles. The fraction of sp³-hybridized carbons (Fsp3) is 0.200. The molecule has 0 aliphatic heterocycles. The van der Waals surface area contributed by atoms with E-state index in [2.05, 4.69) is 0 Å². The van der Waals surface area contributed by atoms with Crippen molar-refractivity contribution in [2.45, 2.75) is 13.3 Å². The van der Waals surface area contributed by atoms with E-state index in [1.165, 1.54) is 6.08 Å². The highest BCUT2D eigenvalue weighted by molar-refractivity contribution is 5.49. The first-order valence-electron chi connectivity index (χ1n) is 4.43. The molecule has 1 aromatic rings. The summed E-state index contributed by atoms with van der Waals surface area (Å²) in [7, 11) is 0. The van der Waals surface area contributed by atoms with E-state index < -0.39 is 34.8 Å². The van der Waals surface area contributed by atoms with E-state index in [0.717, 1.165) is 6.20 Å². The summed E-state index contributed by atoms with van der Waals surface area (Å²) in [5, 5.41) is 2.01. The fourth-order valence-electron chi connectivity index (χ4n) is 0.992. The van der Waals surface area contributed by atoms with Gasteiger partial charge in [-0.2, -0.15) is 0 Å². The predicted octanol–water partition coefficient (Wildman–Crippen LogP) is 3.72. The Bertz CT molecular complexity index is 399. The van der Waals surface area contributed by atoms with Gasteiger partial charge in [0.05, 0.1) is 0 Å². The third kappa shape index (κ3) is 2.15. The van der Waals surface area contributed by atoms with Gasteiger partial charge in [0.2, 0.25) is 5.82 Å². The van der Waals surface area contributed by atoms with E-state index in [9.17, 15) is 22.0 Å². The number of anilines is 1. The summed E-state index contributed by atoms with van der Waals surface area (Å²) in [6, 6.07) is 0. The van der Waals surface area contributed by atoms with Crippen LogP contribution in [-0.2, 0) is 0 Å². The van der Waals surface area contributed by atoms with Gasteiger partial charge >= 0.3 is 0 Å². The number of allylic oxidation sites excluding steroid dienone is 1. The second-order valence-corrected chi connectivity index (χ2v) is 2.90. The minimum atomic E-state index is -2.17. The number of nitrogens with one attached hydrogen (secondary N) is 1. The minimum Gasteiger partial charge on any atom is -0.357 e. The van der Waals surface area contributed by atoms with Crippen molar-refractivity contribution in [3.8, 4) is 0 Å². The first-order valence-corrected chi connectivity index (χ1v) is 4.43. The average molecular weight is 237 g/mol. The summed E-state index contributed by atoms with van der Waals surface area (Å²) >= 11 is 0. The maximum absolute atomic E-state index is 13.0. The average Bonchev–Trinajstić information content (AvgIpc) is 2.28. The smallest absolute Gasteiger partial charge is 0.200 e. The molecule has 0 unspecified atom stereocenters. The molecule has 0 bridgehead atoms. The van der Waals surface area contributed by atoms with Gasteiger partial charge in [0.25, 0.3) is 0 Å². The van der Waals surface area contributed by atoms with Crippen LogP contribution in [0, 0.1) is 29.1 Å². The van der Waals surface area contributed by atoms with Crippen LogP contribution in [0.5, 0.6) is 0 Å². The van der Waals surface area contributed by atoms with E-state index in [0.29, 0.717) is 6.42 Å². The second-order valence-electron chi connectivity index (χ2n) is 2.90. The van der Waals surface area contributed by atoms with E-state index in [1.807, 2.05) is 5.32 Å². The molecule has 0 atom stereocenters. The van der Waals surface area contributed by atoms with Gasteiger partial charge in [-0.15, -0.1) is 0 Å². The number of hydrogen-bond acceptors (Lipinski definition) is 1. The van der Waals surface area contributed by atoms with Gasteiger partial charge in [-0.25, -0.2) is 22.0 Å². The summed E-state index contributed by atoms with van der Waals surface area (Å²) in [5.74, 6) is -9.85. The lowest BCUT2D eigenvalue weighted by molar-refractivity contribution is 0.382. The monoisotopic (exact) mass is 237 g/mol. The standard InChI is InChI=1S/C10H8F5N/c1-2-3-4-16-10-8(14)6(12)5(11)7(13)9(10)15/h3-4,16H,2H2,1H3/b4-3+. The highest BCUT2D eigenvalue weighted by atomic mass is 19.2. The Balaban J connectivity index is 3.23. The molecule has 0 saturated heterocycles. The molecule has 0 heterocycles. The molecule has 1 rings (SSSR count). The molecule has 0 amide bonds. The molecule has 0 aromatic heterocycles. The fourth-order valence-corrected chi connectivity index (χ4v) is 0.992. The first kappa shape index (κ1) is 12.5. The van der Waals surface area contributed by atoms with E-state index >= 15 is 0 Å². The van der Waals surface area contributed by atoms with Crippen molar-refractivity contribution in [3.63, 3.8) is 0 Å². The minimum absolute atomic E-state index is 0.558. The van der Waals surface area contributed by atoms with Crippen molar-refractivity contribution in [1.29, 1.82) is 0 Å². The van der Waals surface area contributed by atoms with Crippen molar-refractivity contribution < 1.29 is 22.0 Å². The normalized spacial score (nSPS) is 11.1. The lowest BCUT2D eigenvalue weighted by atomic mass is 10.2. The van der Waals surface area contributed by atoms with Crippen molar-refractivity contribution >= 4 is 5.69 Å². The van der Waals surface area contributed by atoms with Gasteiger partial charge in [0, 0.05) is 0 Å². The van der Waals surface area contributed by atoms with Gasteiger partial charge in [0.1, 0.15) is 5.69 Å². The summed E-state index contributed by atoms with van der Waals surface area (Å²) in [6.07, 6.45) is 3.14.